The van der Waals surface area contributed by atoms with E-state index in [4.69, 9.17) is 4.74 Å². The number of allylic oxidation sites excluding steroid dienone is 4. The van der Waals surface area contributed by atoms with Crippen LogP contribution in [0.25, 0.3) is 0 Å². The van der Waals surface area contributed by atoms with Gasteiger partial charge in [0.25, 0.3) is 0 Å². The molecule has 0 radical (unpaired) electrons. The summed E-state index contributed by atoms with van der Waals surface area (Å²) in [7, 11) is 0. The van der Waals surface area contributed by atoms with Crippen LogP contribution in [-0.4, -0.2) is 24.2 Å². The molecule has 0 fully saturated rings. The Morgan fingerprint density at radius 2 is 2.06 bits per heavy atom. The lowest BCUT2D eigenvalue weighted by Gasteiger charge is -2.24. The van der Waals surface area contributed by atoms with Crippen LogP contribution in [0.1, 0.15) is 33.6 Å². The molecule has 0 saturated heterocycles. The molecule has 0 aromatic carbocycles. The lowest BCUT2D eigenvalue weighted by molar-refractivity contribution is 0.0633. The minimum Gasteiger partial charge on any atom is -0.378 e. The van der Waals surface area contributed by atoms with Gasteiger partial charge < -0.3 is 9.64 Å². The number of ether oxygens (including phenoxy) is 1. The fraction of sp³-hybridized carbons (Fsp3) is 0.571. The van der Waals surface area contributed by atoms with Crippen molar-refractivity contribution < 1.29 is 4.74 Å². The Kier molecular flexibility index (Phi) is 5.94. The largest absolute Gasteiger partial charge is 0.378 e. The number of hydrogen-bond acceptors (Lipinski definition) is 2. The molecule has 1 atom stereocenters. The van der Waals surface area contributed by atoms with Gasteiger partial charge in [-0.25, -0.2) is 0 Å². The predicted molar refractivity (Wildman–Crippen MR) is 69.1 cm³/mol. The highest BCUT2D eigenvalue weighted by Gasteiger charge is 2.10. The van der Waals surface area contributed by atoms with Crippen LogP contribution < -0.4 is 0 Å². The molecular weight excluding hydrogens is 198 g/mol. The van der Waals surface area contributed by atoms with E-state index in [1.807, 2.05) is 0 Å². The van der Waals surface area contributed by atoms with E-state index in [9.17, 15) is 0 Å². The molecule has 1 aliphatic rings. The van der Waals surface area contributed by atoms with Gasteiger partial charge in [-0.3, -0.25) is 0 Å². The van der Waals surface area contributed by atoms with Crippen LogP contribution in [0.3, 0.4) is 0 Å². The summed E-state index contributed by atoms with van der Waals surface area (Å²) >= 11 is 0. The third-order valence-corrected chi connectivity index (χ3v) is 2.59. The Balaban J connectivity index is 2.52. The molecule has 0 amide bonds. The van der Waals surface area contributed by atoms with E-state index in [0.29, 0.717) is 6.10 Å². The average molecular weight is 221 g/mol. The molecule has 0 aromatic heterocycles. The first-order chi connectivity index (χ1) is 7.77. The second-order valence-electron chi connectivity index (χ2n) is 4.06. The SMILES string of the molecule is CCCOC(C)CC1=CC=CC=CN1CC. The molecule has 0 spiro atoms. The summed E-state index contributed by atoms with van der Waals surface area (Å²) in [5.41, 5.74) is 1.33. The van der Waals surface area contributed by atoms with Crippen molar-refractivity contribution in [2.45, 2.75) is 39.7 Å². The lowest BCUT2D eigenvalue weighted by Crippen LogP contribution is -2.20. The van der Waals surface area contributed by atoms with E-state index < -0.39 is 0 Å². The van der Waals surface area contributed by atoms with Gasteiger partial charge in [-0.15, -0.1) is 0 Å². The first-order valence-corrected chi connectivity index (χ1v) is 6.20. The Labute approximate surface area is 99.3 Å². The van der Waals surface area contributed by atoms with Crippen LogP contribution >= 0.6 is 0 Å². The van der Waals surface area contributed by atoms with Gasteiger partial charge in [-0.2, -0.15) is 0 Å². The topological polar surface area (TPSA) is 12.5 Å². The van der Waals surface area contributed by atoms with Crippen molar-refractivity contribution in [2.24, 2.45) is 0 Å². The maximum absolute atomic E-state index is 5.71. The molecule has 16 heavy (non-hydrogen) atoms. The van der Waals surface area contributed by atoms with Crippen molar-refractivity contribution in [2.75, 3.05) is 13.2 Å². The molecule has 1 unspecified atom stereocenters. The third kappa shape index (κ3) is 4.23. The zero-order valence-electron chi connectivity index (χ0n) is 10.6. The van der Waals surface area contributed by atoms with Crippen LogP contribution in [0.15, 0.2) is 36.2 Å². The maximum atomic E-state index is 5.71. The second-order valence-corrected chi connectivity index (χ2v) is 4.06. The summed E-state index contributed by atoms with van der Waals surface area (Å²) < 4.78 is 5.71. The number of hydrogen-bond donors (Lipinski definition) is 0. The number of rotatable bonds is 6. The Hall–Kier alpha value is -1.02. The molecule has 1 aliphatic heterocycles. The van der Waals surface area contributed by atoms with E-state index in [0.717, 1.165) is 26.0 Å². The van der Waals surface area contributed by atoms with E-state index in [1.54, 1.807) is 0 Å². The van der Waals surface area contributed by atoms with Gasteiger partial charge in [0.2, 0.25) is 0 Å². The molecule has 1 heterocycles. The van der Waals surface area contributed by atoms with Crippen LogP contribution in [0.4, 0.5) is 0 Å². The average Bonchev–Trinajstić information content (AvgIpc) is 2.51. The summed E-state index contributed by atoms with van der Waals surface area (Å²) in [6, 6.07) is 0. The summed E-state index contributed by atoms with van der Waals surface area (Å²) in [5.74, 6) is 0. The van der Waals surface area contributed by atoms with Gasteiger partial charge in [0.1, 0.15) is 0 Å². The molecule has 0 N–H and O–H groups in total. The molecule has 2 heteroatoms. The van der Waals surface area contributed by atoms with Crippen molar-refractivity contribution in [1.29, 1.82) is 0 Å². The fourth-order valence-corrected chi connectivity index (χ4v) is 1.74. The van der Waals surface area contributed by atoms with Gasteiger partial charge in [0.15, 0.2) is 0 Å². The minimum absolute atomic E-state index is 0.292. The first-order valence-electron chi connectivity index (χ1n) is 6.20. The van der Waals surface area contributed by atoms with E-state index in [-0.39, 0.29) is 0 Å². The second kappa shape index (κ2) is 7.29. The molecule has 0 saturated carbocycles. The highest BCUT2D eigenvalue weighted by Crippen LogP contribution is 2.16. The summed E-state index contributed by atoms with van der Waals surface area (Å²) in [6.07, 6.45) is 12.9. The molecule has 1 rings (SSSR count). The quantitative estimate of drug-likeness (QED) is 0.681. The van der Waals surface area contributed by atoms with Crippen molar-refractivity contribution in [1.82, 2.24) is 4.90 Å². The highest BCUT2D eigenvalue weighted by molar-refractivity contribution is 5.22. The Morgan fingerprint density at radius 3 is 2.75 bits per heavy atom. The van der Waals surface area contributed by atoms with Crippen molar-refractivity contribution >= 4 is 0 Å². The normalized spacial score (nSPS) is 17.2. The fourth-order valence-electron chi connectivity index (χ4n) is 1.74. The Bertz CT molecular complexity index is 278. The standard InChI is InChI=1S/C14H23NO/c1-4-11-16-13(3)12-14-9-7-6-8-10-15(14)5-2/h6-10,13H,4-5,11-12H2,1-3H3. The van der Waals surface area contributed by atoms with Gasteiger partial charge >= 0.3 is 0 Å². The first kappa shape index (κ1) is 13.0. The van der Waals surface area contributed by atoms with Gasteiger partial charge in [-0.05, 0) is 32.4 Å². The molecule has 0 bridgehead atoms. The van der Waals surface area contributed by atoms with E-state index in [1.165, 1.54) is 5.70 Å². The zero-order chi connectivity index (χ0) is 11.8. The minimum atomic E-state index is 0.292. The van der Waals surface area contributed by atoms with Crippen molar-refractivity contribution in [3.05, 3.63) is 36.2 Å². The van der Waals surface area contributed by atoms with Crippen molar-refractivity contribution in [3.8, 4) is 0 Å². The molecule has 0 aromatic rings. The molecule has 2 nitrogen and oxygen atoms in total. The van der Waals surface area contributed by atoms with Crippen LogP contribution in [0.2, 0.25) is 0 Å². The van der Waals surface area contributed by atoms with Gasteiger partial charge in [0.05, 0.1) is 6.10 Å². The Morgan fingerprint density at radius 1 is 1.25 bits per heavy atom. The highest BCUT2D eigenvalue weighted by atomic mass is 16.5. The molecular formula is C14H23NO. The van der Waals surface area contributed by atoms with Crippen LogP contribution in [0.5, 0.6) is 0 Å². The zero-order valence-corrected chi connectivity index (χ0v) is 10.6. The lowest BCUT2D eigenvalue weighted by atomic mass is 10.2. The van der Waals surface area contributed by atoms with Crippen LogP contribution in [-0.2, 0) is 4.74 Å². The van der Waals surface area contributed by atoms with Crippen molar-refractivity contribution in [3.63, 3.8) is 0 Å². The maximum Gasteiger partial charge on any atom is 0.0601 e. The van der Waals surface area contributed by atoms with Gasteiger partial charge in [0, 0.05) is 31.5 Å². The van der Waals surface area contributed by atoms with Crippen LogP contribution in [0, 0.1) is 0 Å². The molecule has 90 valence electrons. The van der Waals surface area contributed by atoms with Gasteiger partial charge in [-0.1, -0.05) is 19.1 Å². The third-order valence-electron chi connectivity index (χ3n) is 2.59. The predicted octanol–water partition coefficient (Wildman–Crippen LogP) is 3.48. The smallest absolute Gasteiger partial charge is 0.0601 e. The number of nitrogens with zero attached hydrogens (tertiary/aromatic N) is 1. The monoisotopic (exact) mass is 221 g/mol. The summed E-state index contributed by atoms with van der Waals surface area (Å²) in [6.45, 7) is 8.31. The van der Waals surface area contributed by atoms with E-state index in [2.05, 4.69) is 56.2 Å². The summed E-state index contributed by atoms with van der Waals surface area (Å²) in [5, 5.41) is 0. The summed E-state index contributed by atoms with van der Waals surface area (Å²) in [4.78, 5) is 2.27. The molecule has 0 aliphatic carbocycles. The van der Waals surface area contributed by atoms with E-state index >= 15 is 0 Å².